The van der Waals surface area contributed by atoms with Gasteiger partial charge in [-0.15, -0.1) is 10.2 Å². The number of halogens is 1. The van der Waals surface area contributed by atoms with Crippen LogP contribution in [0.2, 0.25) is 0 Å². The van der Waals surface area contributed by atoms with E-state index < -0.39 is 11.9 Å². The van der Waals surface area contributed by atoms with Crippen LogP contribution in [0.5, 0.6) is 11.5 Å². The van der Waals surface area contributed by atoms with Crippen molar-refractivity contribution in [1.82, 2.24) is 24.6 Å². The highest BCUT2D eigenvalue weighted by atomic mass is 19.1. The molecule has 1 atom stereocenters. The molecular formula is C23H19FN6O4. The van der Waals surface area contributed by atoms with E-state index in [4.69, 9.17) is 9.47 Å². The van der Waals surface area contributed by atoms with E-state index >= 15 is 0 Å². The van der Waals surface area contributed by atoms with Crippen LogP contribution in [-0.2, 0) is 6.54 Å². The van der Waals surface area contributed by atoms with E-state index in [2.05, 4.69) is 20.2 Å². The van der Waals surface area contributed by atoms with Crippen LogP contribution < -0.4 is 14.4 Å². The lowest BCUT2D eigenvalue weighted by Crippen LogP contribution is -2.31. The van der Waals surface area contributed by atoms with Gasteiger partial charge in [0.25, 0.3) is 0 Å². The lowest BCUT2D eigenvalue weighted by atomic mass is 9.95. The monoisotopic (exact) mass is 462 g/mol. The topological polar surface area (TPSA) is 115 Å². The Hall–Kier alpha value is -4.28. The summed E-state index contributed by atoms with van der Waals surface area (Å²) < 4.78 is 28.4. The zero-order chi connectivity index (χ0) is 23.6. The number of rotatable bonds is 1. The molecule has 0 fully saturated rings. The first kappa shape index (κ1) is 20.3. The summed E-state index contributed by atoms with van der Waals surface area (Å²) in [7, 11) is 0. The molecule has 10 nitrogen and oxygen atoms in total. The molecule has 0 unspecified atom stereocenters. The number of hydrogen-bond donors (Lipinski definition) is 1. The van der Waals surface area contributed by atoms with Crippen molar-refractivity contribution in [3.05, 3.63) is 59.2 Å². The molecule has 3 aromatic heterocycles. The van der Waals surface area contributed by atoms with Crippen molar-refractivity contribution in [1.29, 1.82) is 0 Å². The van der Waals surface area contributed by atoms with Crippen LogP contribution in [-0.4, -0.2) is 49.0 Å². The smallest absolute Gasteiger partial charge is 0.413 e. The molecule has 172 valence electrons. The highest BCUT2D eigenvalue weighted by molar-refractivity contribution is 5.91. The lowest BCUT2D eigenvalue weighted by molar-refractivity contribution is 0.200. The minimum Gasteiger partial charge on any atom is -0.493 e. The van der Waals surface area contributed by atoms with Crippen LogP contribution >= 0.6 is 0 Å². The third kappa shape index (κ3) is 2.96. The Balaban J connectivity index is 1.61. The molecule has 6 rings (SSSR count). The van der Waals surface area contributed by atoms with Crippen LogP contribution in [0.3, 0.4) is 0 Å². The van der Waals surface area contributed by atoms with E-state index in [-0.39, 0.29) is 30.5 Å². The van der Waals surface area contributed by atoms with Crippen LogP contribution in [0.25, 0.3) is 16.8 Å². The number of amides is 1. The van der Waals surface area contributed by atoms with Gasteiger partial charge in [0.15, 0.2) is 17.2 Å². The summed E-state index contributed by atoms with van der Waals surface area (Å²) in [6.07, 6.45) is 1.84. The highest BCUT2D eigenvalue weighted by Crippen LogP contribution is 2.43. The first-order chi connectivity index (χ1) is 16.4. The number of carboxylic acid groups (broad SMARTS) is 1. The van der Waals surface area contributed by atoms with Gasteiger partial charge in [-0.25, -0.2) is 19.2 Å². The Labute approximate surface area is 192 Å². The molecule has 1 N–H and O–H groups in total. The van der Waals surface area contributed by atoms with Gasteiger partial charge in [0.05, 0.1) is 25.7 Å². The average molecular weight is 462 g/mol. The Morgan fingerprint density at radius 3 is 2.74 bits per heavy atom. The third-order valence-corrected chi connectivity index (χ3v) is 6.25. The second kappa shape index (κ2) is 7.37. The van der Waals surface area contributed by atoms with E-state index in [1.807, 2.05) is 6.92 Å². The van der Waals surface area contributed by atoms with Gasteiger partial charge in [-0.2, -0.15) is 0 Å². The van der Waals surface area contributed by atoms with Crippen LogP contribution in [0.4, 0.5) is 15.0 Å². The van der Waals surface area contributed by atoms with Crippen molar-refractivity contribution in [2.24, 2.45) is 0 Å². The molecule has 0 bridgehead atoms. The molecule has 0 aliphatic carbocycles. The molecule has 1 amide bonds. The molecule has 0 saturated carbocycles. The SMILES string of the molecule is Cc1ncc(-c2cc3c(n4cnnc24)N(C(=O)O)Cc2c(F)ccc4c2[C@@H](CO4)CO3)c(C)n1. The number of fused-ring (bicyclic) bond motifs is 3. The number of ether oxygens (including phenoxy) is 2. The molecule has 0 saturated heterocycles. The highest BCUT2D eigenvalue weighted by Gasteiger charge is 2.35. The van der Waals surface area contributed by atoms with Gasteiger partial charge in [-0.3, -0.25) is 9.30 Å². The summed E-state index contributed by atoms with van der Waals surface area (Å²) in [6, 6.07) is 4.59. The van der Waals surface area contributed by atoms with Gasteiger partial charge < -0.3 is 14.6 Å². The fourth-order valence-electron chi connectivity index (χ4n) is 4.71. The zero-order valence-corrected chi connectivity index (χ0v) is 18.3. The molecule has 11 heteroatoms. The Kier molecular flexibility index (Phi) is 4.41. The van der Waals surface area contributed by atoms with E-state index in [1.54, 1.807) is 29.7 Å². The largest absolute Gasteiger partial charge is 0.493 e. The van der Waals surface area contributed by atoms with E-state index in [9.17, 15) is 14.3 Å². The number of hydrogen-bond acceptors (Lipinski definition) is 7. The molecule has 0 radical (unpaired) electrons. The maximum absolute atomic E-state index is 15.0. The number of benzene rings is 1. The van der Waals surface area contributed by atoms with Gasteiger partial charge in [-0.05, 0) is 32.0 Å². The first-order valence-corrected chi connectivity index (χ1v) is 10.7. The Bertz CT molecular complexity index is 1490. The number of carbonyl (C=O) groups is 1. The van der Waals surface area contributed by atoms with Crippen LogP contribution in [0.15, 0.2) is 30.7 Å². The van der Waals surface area contributed by atoms with Gasteiger partial charge >= 0.3 is 6.09 Å². The number of anilines is 1. The average Bonchev–Trinajstić information content (AvgIpc) is 3.45. The number of aromatic nitrogens is 5. The lowest BCUT2D eigenvalue weighted by Gasteiger charge is -2.24. The van der Waals surface area contributed by atoms with Crippen molar-refractivity contribution in [2.75, 3.05) is 18.1 Å². The van der Waals surface area contributed by atoms with Crippen molar-refractivity contribution < 1.29 is 23.8 Å². The molecular weight excluding hydrogens is 443 g/mol. The summed E-state index contributed by atoms with van der Waals surface area (Å²) in [5.74, 6) is 0.932. The fourth-order valence-corrected chi connectivity index (χ4v) is 4.71. The normalized spacial score (nSPS) is 16.7. The summed E-state index contributed by atoms with van der Waals surface area (Å²) in [5, 5.41) is 18.4. The predicted molar refractivity (Wildman–Crippen MR) is 118 cm³/mol. The third-order valence-electron chi connectivity index (χ3n) is 6.25. The fraction of sp³-hybridized carbons (Fsp3) is 0.261. The summed E-state index contributed by atoms with van der Waals surface area (Å²) >= 11 is 0. The minimum atomic E-state index is -1.27. The summed E-state index contributed by atoms with van der Waals surface area (Å²) in [4.78, 5) is 22.3. The van der Waals surface area contributed by atoms with Crippen molar-refractivity contribution in [2.45, 2.75) is 26.3 Å². The predicted octanol–water partition coefficient (Wildman–Crippen LogP) is 3.50. The molecule has 4 aromatic rings. The molecule has 1 aromatic carbocycles. The Morgan fingerprint density at radius 2 is 1.97 bits per heavy atom. The Morgan fingerprint density at radius 1 is 1.18 bits per heavy atom. The molecule has 0 spiro atoms. The second-order valence-corrected chi connectivity index (χ2v) is 8.31. The molecule has 2 aliphatic rings. The standard InChI is InChI=1S/C23H19FN6O4/c1-11-15(6-25-12(2)27-11)14-5-19-22(30-10-26-28-21(14)30)29(23(31)32)7-16-17(24)3-4-18-20(16)13(8-33-18)9-34-19/h3-6,10,13H,7-9H2,1-2H3,(H,31,32)/t13-/m0/s1. The quantitative estimate of drug-likeness (QED) is 0.457. The van der Waals surface area contributed by atoms with E-state index in [0.717, 1.165) is 16.2 Å². The molecule has 34 heavy (non-hydrogen) atoms. The number of pyridine rings is 1. The maximum Gasteiger partial charge on any atom is 0.413 e. The van der Waals surface area contributed by atoms with E-state index in [0.29, 0.717) is 40.7 Å². The summed E-state index contributed by atoms with van der Waals surface area (Å²) in [6.45, 7) is 3.94. The summed E-state index contributed by atoms with van der Waals surface area (Å²) in [5.41, 5.74) is 3.42. The van der Waals surface area contributed by atoms with Crippen LogP contribution in [0.1, 0.15) is 28.6 Å². The first-order valence-electron chi connectivity index (χ1n) is 10.7. The number of aryl methyl sites for hydroxylation is 2. The van der Waals surface area contributed by atoms with Gasteiger partial charge in [-0.1, -0.05) is 0 Å². The zero-order valence-electron chi connectivity index (χ0n) is 18.3. The van der Waals surface area contributed by atoms with Gasteiger partial charge in [0.2, 0.25) is 0 Å². The minimum absolute atomic E-state index is 0.181. The van der Waals surface area contributed by atoms with E-state index in [1.165, 1.54) is 12.4 Å². The van der Waals surface area contributed by atoms with Gasteiger partial charge in [0, 0.05) is 34.1 Å². The van der Waals surface area contributed by atoms with Crippen LogP contribution in [0, 0.1) is 19.7 Å². The second-order valence-electron chi connectivity index (χ2n) is 8.31. The van der Waals surface area contributed by atoms with Crippen molar-refractivity contribution in [3.63, 3.8) is 0 Å². The van der Waals surface area contributed by atoms with Crippen molar-refractivity contribution in [3.8, 4) is 22.6 Å². The number of nitrogens with zero attached hydrogens (tertiary/aromatic N) is 6. The van der Waals surface area contributed by atoms with Gasteiger partial charge in [0.1, 0.15) is 23.7 Å². The molecule has 2 aliphatic heterocycles. The maximum atomic E-state index is 15.0. The van der Waals surface area contributed by atoms with Crippen molar-refractivity contribution >= 4 is 17.6 Å². The molecule has 5 heterocycles.